The molecule has 0 bridgehead atoms. The molecule has 0 N–H and O–H groups in total. The lowest BCUT2D eigenvalue weighted by molar-refractivity contribution is 0.0746. The van der Waals surface area contributed by atoms with Crippen LogP contribution in [0.4, 0.5) is 5.82 Å². The van der Waals surface area contributed by atoms with Crippen LogP contribution in [0.25, 0.3) is 10.8 Å². The molecule has 1 amide bonds. The summed E-state index contributed by atoms with van der Waals surface area (Å²) < 4.78 is 0. The topological polar surface area (TPSA) is 49.3 Å². The smallest absolute Gasteiger partial charge is 0.253 e. The van der Waals surface area contributed by atoms with Crippen LogP contribution in [-0.2, 0) is 0 Å². The lowest BCUT2D eigenvalue weighted by atomic mass is 10.1. The number of carbonyl (C=O) groups is 1. The quantitative estimate of drug-likeness (QED) is 0.724. The van der Waals surface area contributed by atoms with Crippen molar-refractivity contribution in [3.05, 3.63) is 65.9 Å². The van der Waals surface area contributed by atoms with Crippen LogP contribution in [-0.4, -0.2) is 47.2 Å². The van der Waals surface area contributed by atoms with Gasteiger partial charge in [-0.25, -0.2) is 0 Å². The molecule has 2 aromatic carbocycles. The molecule has 25 heavy (non-hydrogen) atoms. The Morgan fingerprint density at radius 2 is 1.64 bits per heavy atom. The normalized spacial score (nSPS) is 14.8. The highest BCUT2D eigenvalue weighted by atomic mass is 16.2. The zero-order chi connectivity index (χ0) is 17.2. The number of aromatic nitrogens is 2. The van der Waals surface area contributed by atoms with Crippen LogP contribution in [0.3, 0.4) is 0 Å². The number of benzene rings is 2. The Bertz CT molecular complexity index is 899. The lowest BCUT2D eigenvalue weighted by Crippen LogP contribution is -2.49. The fraction of sp³-hybridized carbons (Fsp3) is 0.250. The minimum absolute atomic E-state index is 0.0976. The average Bonchev–Trinajstić information content (AvgIpc) is 2.68. The van der Waals surface area contributed by atoms with Gasteiger partial charge in [0.25, 0.3) is 5.91 Å². The summed E-state index contributed by atoms with van der Waals surface area (Å²) in [4.78, 5) is 16.9. The highest BCUT2D eigenvalue weighted by molar-refractivity contribution is 5.98. The van der Waals surface area contributed by atoms with Crippen molar-refractivity contribution in [3.8, 4) is 0 Å². The van der Waals surface area contributed by atoms with Gasteiger partial charge in [0.1, 0.15) is 0 Å². The second kappa shape index (κ2) is 6.51. The Labute approximate surface area is 146 Å². The number of anilines is 1. The van der Waals surface area contributed by atoms with Crippen LogP contribution < -0.4 is 4.90 Å². The molecule has 1 aliphatic heterocycles. The van der Waals surface area contributed by atoms with Crippen LogP contribution in [0.15, 0.2) is 54.6 Å². The van der Waals surface area contributed by atoms with E-state index in [0.29, 0.717) is 13.1 Å². The number of amides is 1. The summed E-state index contributed by atoms with van der Waals surface area (Å²) in [5.41, 5.74) is 1.66. The highest BCUT2D eigenvalue weighted by Gasteiger charge is 2.23. The van der Waals surface area contributed by atoms with E-state index in [9.17, 15) is 4.79 Å². The molecule has 1 saturated heterocycles. The Morgan fingerprint density at radius 1 is 0.880 bits per heavy atom. The Hall–Kier alpha value is -2.95. The first-order valence-corrected chi connectivity index (χ1v) is 8.54. The largest absolute Gasteiger partial charge is 0.352 e. The molecule has 126 valence electrons. The van der Waals surface area contributed by atoms with Crippen LogP contribution in [0, 0.1) is 6.92 Å². The van der Waals surface area contributed by atoms with Gasteiger partial charge in [-0.3, -0.25) is 4.79 Å². The molecule has 0 aliphatic carbocycles. The van der Waals surface area contributed by atoms with Crippen LogP contribution in [0.5, 0.6) is 0 Å². The van der Waals surface area contributed by atoms with Crippen molar-refractivity contribution in [1.29, 1.82) is 0 Å². The van der Waals surface area contributed by atoms with Crippen LogP contribution >= 0.6 is 0 Å². The van der Waals surface area contributed by atoms with E-state index in [-0.39, 0.29) is 5.91 Å². The van der Waals surface area contributed by atoms with Crippen molar-refractivity contribution in [3.63, 3.8) is 0 Å². The van der Waals surface area contributed by atoms with Gasteiger partial charge in [-0.15, -0.1) is 5.10 Å². The molecule has 5 nitrogen and oxygen atoms in total. The van der Waals surface area contributed by atoms with Crippen LogP contribution in [0.2, 0.25) is 0 Å². The summed E-state index contributed by atoms with van der Waals surface area (Å²) in [5, 5.41) is 10.6. The summed E-state index contributed by atoms with van der Waals surface area (Å²) >= 11 is 0. The predicted octanol–water partition coefficient (Wildman–Crippen LogP) is 2.90. The third-order valence-corrected chi connectivity index (χ3v) is 4.67. The first-order chi connectivity index (χ1) is 12.2. The lowest BCUT2D eigenvalue weighted by Gasteiger charge is -2.35. The Morgan fingerprint density at radius 3 is 2.36 bits per heavy atom. The fourth-order valence-electron chi connectivity index (χ4n) is 3.20. The molecular formula is C20H20N4O. The highest BCUT2D eigenvalue weighted by Crippen LogP contribution is 2.18. The second-order valence-electron chi connectivity index (χ2n) is 6.37. The molecule has 5 heteroatoms. The van der Waals surface area contributed by atoms with Gasteiger partial charge in [-0.05, 0) is 42.0 Å². The molecule has 1 aliphatic rings. The molecule has 3 aromatic rings. The van der Waals surface area contributed by atoms with Gasteiger partial charge in [0.2, 0.25) is 0 Å². The Kier molecular flexibility index (Phi) is 4.06. The van der Waals surface area contributed by atoms with E-state index in [1.807, 2.05) is 60.4 Å². The van der Waals surface area contributed by atoms with E-state index in [1.165, 1.54) is 0 Å². The summed E-state index contributed by atoms with van der Waals surface area (Å²) in [6.07, 6.45) is 0. The minimum Gasteiger partial charge on any atom is -0.352 e. The molecule has 0 spiro atoms. The van der Waals surface area contributed by atoms with Crippen molar-refractivity contribution in [1.82, 2.24) is 15.1 Å². The van der Waals surface area contributed by atoms with Crippen molar-refractivity contribution >= 4 is 22.5 Å². The third-order valence-electron chi connectivity index (χ3n) is 4.67. The number of nitrogens with zero attached hydrogens (tertiary/aromatic N) is 4. The number of hydrogen-bond donors (Lipinski definition) is 0. The van der Waals surface area contributed by atoms with Crippen LogP contribution in [0.1, 0.15) is 16.1 Å². The number of aryl methyl sites for hydroxylation is 1. The van der Waals surface area contributed by atoms with Gasteiger partial charge in [-0.2, -0.15) is 5.10 Å². The van der Waals surface area contributed by atoms with Crippen molar-refractivity contribution in [2.45, 2.75) is 6.92 Å². The SMILES string of the molecule is Cc1ccc(N2CCN(C(=O)c3ccc4ccccc4c3)CC2)nn1. The molecule has 0 unspecified atom stereocenters. The van der Waals surface area contributed by atoms with Gasteiger partial charge < -0.3 is 9.80 Å². The monoisotopic (exact) mass is 332 g/mol. The molecule has 1 fully saturated rings. The van der Waals surface area contributed by atoms with Crippen molar-refractivity contribution in [2.75, 3.05) is 31.1 Å². The zero-order valence-electron chi connectivity index (χ0n) is 14.2. The minimum atomic E-state index is 0.0976. The first-order valence-electron chi connectivity index (χ1n) is 8.54. The molecule has 0 saturated carbocycles. The number of piperazine rings is 1. The summed E-state index contributed by atoms with van der Waals surface area (Å²) in [6, 6.07) is 18.0. The second-order valence-corrected chi connectivity index (χ2v) is 6.37. The maximum Gasteiger partial charge on any atom is 0.253 e. The van der Waals surface area contributed by atoms with E-state index in [1.54, 1.807) is 0 Å². The van der Waals surface area contributed by atoms with Gasteiger partial charge in [-0.1, -0.05) is 30.3 Å². The van der Waals surface area contributed by atoms with Crippen molar-refractivity contribution in [2.24, 2.45) is 0 Å². The molecule has 0 atom stereocenters. The summed E-state index contributed by atoms with van der Waals surface area (Å²) in [7, 11) is 0. The first kappa shape index (κ1) is 15.6. The molecule has 0 radical (unpaired) electrons. The maximum absolute atomic E-state index is 12.8. The number of carbonyl (C=O) groups excluding carboxylic acids is 1. The van der Waals surface area contributed by atoms with Gasteiger partial charge in [0.15, 0.2) is 5.82 Å². The third kappa shape index (κ3) is 3.18. The van der Waals surface area contributed by atoms with E-state index in [0.717, 1.165) is 40.9 Å². The average molecular weight is 332 g/mol. The van der Waals surface area contributed by atoms with E-state index in [4.69, 9.17) is 0 Å². The predicted molar refractivity (Wildman–Crippen MR) is 98.8 cm³/mol. The standard InChI is InChI=1S/C20H20N4O/c1-15-6-9-19(22-21-15)23-10-12-24(13-11-23)20(25)18-8-7-16-4-2-3-5-17(16)14-18/h2-9,14H,10-13H2,1H3. The number of fused-ring (bicyclic) bond motifs is 1. The van der Waals surface area contributed by atoms with E-state index < -0.39 is 0 Å². The molecule has 1 aromatic heterocycles. The van der Waals surface area contributed by atoms with E-state index >= 15 is 0 Å². The van der Waals surface area contributed by atoms with Crippen molar-refractivity contribution < 1.29 is 4.79 Å². The summed E-state index contributed by atoms with van der Waals surface area (Å²) in [5.74, 6) is 0.976. The molecule has 2 heterocycles. The maximum atomic E-state index is 12.8. The van der Waals surface area contributed by atoms with Gasteiger partial charge in [0, 0.05) is 31.7 Å². The molecule has 4 rings (SSSR count). The number of rotatable bonds is 2. The van der Waals surface area contributed by atoms with E-state index in [2.05, 4.69) is 21.2 Å². The summed E-state index contributed by atoms with van der Waals surface area (Å²) in [6.45, 7) is 4.87. The fourth-order valence-corrected chi connectivity index (χ4v) is 3.20. The Balaban J connectivity index is 1.46. The number of hydrogen-bond acceptors (Lipinski definition) is 4. The van der Waals surface area contributed by atoms with Gasteiger partial charge >= 0.3 is 0 Å². The van der Waals surface area contributed by atoms with Gasteiger partial charge in [0.05, 0.1) is 5.69 Å². The zero-order valence-corrected chi connectivity index (χ0v) is 14.2. The molecular weight excluding hydrogens is 312 g/mol.